The summed E-state index contributed by atoms with van der Waals surface area (Å²) in [7, 11) is 0. The molecule has 0 aromatic carbocycles. The third-order valence-electron chi connectivity index (χ3n) is 7.97. The molecule has 0 bridgehead atoms. The van der Waals surface area contributed by atoms with Gasteiger partial charge in [0.2, 0.25) is 23.0 Å². The molecule has 4 aliphatic heterocycles. The molecular formula is C30H52ClN9O4. The number of nitrogens with zero attached hydrogens (tertiary/aromatic N) is 8. The zero-order valence-corrected chi connectivity index (χ0v) is 28.0. The summed E-state index contributed by atoms with van der Waals surface area (Å²) in [5, 5.41) is 2.99. The maximum absolute atomic E-state index is 11.4. The maximum Gasteiger partial charge on any atom is 0.219 e. The Hall–Kier alpha value is -2.71. The highest BCUT2D eigenvalue weighted by atomic mass is 35.5. The minimum absolute atomic E-state index is 0.135. The first-order valence-electron chi connectivity index (χ1n) is 15.9. The number of hydrogen-bond acceptors (Lipinski definition) is 10. The van der Waals surface area contributed by atoms with E-state index in [1.54, 1.807) is 6.92 Å². The van der Waals surface area contributed by atoms with Gasteiger partial charge < -0.3 is 43.5 Å². The van der Waals surface area contributed by atoms with Crippen molar-refractivity contribution in [2.75, 3.05) is 95.1 Å². The number of carbonyl (C=O) groups excluding carboxylic acids is 2. The fourth-order valence-corrected chi connectivity index (χ4v) is 5.43. The van der Waals surface area contributed by atoms with Gasteiger partial charge in [-0.2, -0.15) is 0 Å². The minimum Gasteiger partial charge on any atom is -0.378 e. The first-order chi connectivity index (χ1) is 21.3. The van der Waals surface area contributed by atoms with E-state index in [0.717, 1.165) is 103 Å². The van der Waals surface area contributed by atoms with Crippen LogP contribution in [0.15, 0.2) is 12.4 Å². The summed E-state index contributed by atoms with van der Waals surface area (Å²) in [6, 6.07) is 0. The second kappa shape index (κ2) is 18.9. The number of morpholine rings is 2. The molecule has 6 heterocycles. The van der Waals surface area contributed by atoms with E-state index in [4.69, 9.17) is 9.47 Å². The van der Waals surface area contributed by atoms with Crippen LogP contribution in [0.5, 0.6) is 0 Å². The molecule has 1 N–H and O–H groups in total. The first-order valence-corrected chi connectivity index (χ1v) is 16.3. The fourth-order valence-electron chi connectivity index (χ4n) is 5.43. The Morgan fingerprint density at radius 3 is 1.73 bits per heavy atom. The van der Waals surface area contributed by atoms with Gasteiger partial charge in [-0.25, -0.2) is 9.97 Å². The van der Waals surface area contributed by atoms with E-state index >= 15 is 0 Å². The standard InChI is InChI=1S/C12H18N4O2.C10H16N4O.C6H15N.C2H3ClO/c1-10(17)15-2-3-16-11(9-15)8-13-12(16)14-4-6-18-7-5-14;1-2-14-9(7-11-1)8-12-10(14)13-3-5-15-6-4-13;1-4-7(5-2)6-3;1-2(3)4/h8H,2-7,9H2,1H3;8,11H,1-7H2;4-6H2,1-3H3;1H3. The monoisotopic (exact) mass is 637 g/mol. The Kier molecular flexibility index (Phi) is 15.4. The van der Waals surface area contributed by atoms with Crippen molar-refractivity contribution < 1.29 is 19.1 Å². The Morgan fingerprint density at radius 1 is 0.795 bits per heavy atom. The van der Waals surface area contributed by atoms with Crippen LogP contribution in [0.25, 0.3) is 0 Å². The molecule has 0 spiro atoms. The second-order valence-electron chi connectivity index (χ2n) is 10.8. The number of halogens is 1. The molecule has 0 saturated carbocycles. The normalized spacial score (nSPS) is 17.7. The lowest BCUT2D eigenvalue weighted by molar-refractivity contribution is -0.130. The number of hydrogen-bond donors (Lipinski definition) is 1. The third kappa shape index (κ3) is 10.7. The van der Waals surface area contributed by atoms with Crippen molar-refractivity contribution >= 4 is 34.6 Å². The fraction of sp³-hybridized carbons (Fsp3) is 0.733. The van der Waals surface area contributed by atoms with Crippen molar-refractivity contribution in [1.29, 1.82) is 0 Å². The molecule has 2 fully saturated rings. The molecule has 2 saturated heterocycles. The molecule has 0 radical (unpaired) electrons. The molecule has 0 aliphatic carbocycles. The summed E-state index contributed by atoms with van der Waals surface area (Å²) in [5.74, 6) is 2.28. The van der Waals surface area contributed by atoms with Crippen molar-refractivity contribution in [3.05, 3.63) is 23.8 Å². The average Bonchev–Trinajstić information content (AvgIpc) is 3.68. The Balaban J connectivity index is 0.000000183. The molecule has 44 heavy (non-hydrogen) atoms. The number of aromatic nitrogens is 4. The second-order valence-corrected chi connectivity index (χ2v) is 11.3. The third-order valence-corrected chi connectivity index (χ3v) is 7.97. The number of ether oxygens (including phenoxy) is 2. The zero-order chi connectivity index (χ0) is 31.9. The van der Waals surface area contributed by atoms with Gasteiger partial charge in [0.1, 0.15) is 0 Å². The van der Waals surface area contributed by atoms with E-state index in [-0.39, 0.29) is 11.1 Å². The van der Waals surface area contributed by atoms with Gasteiger partial charge in [-0.15, -0.1) is 0 Å². The van der Waals surface area contributed by atoms with Gasteiger partial charge in [0, 0.05) is 72.8 Å². The van der Waals surface area contributed by atoms with Gasteiger partial charge in [0.15, 0.2) is 0 Å². The molecule has 1 amide bonds. The van der Waals surface area contributed by atoms with Crippen LogP contribution in [-0.4, -0.2) is 125 Å². The summed E-state index contributed by atoms with van der Waals surface area (Å²) in [5.41, 5.74) is 2.42. The smallest absolute Gasteiger partial charge is 0.219 e. The SMILES string of the molecule is CC(=O)Cl.CC(=O)N1CCn2c(cnc2N2CCOCC2)C1.CCN(CC)CC.c1nc(N2CCOCC2)n2c1CNCC2. The number of imidazole rings is 2. The van der Waals surface area contributed by atoms with Gasteiger partial charge in [-0.3, -0.25) is 9.59 Å². The highest BCUT2D eigenvalue weighted by molar-refractivity contribution is 6.62. The van der Waals surface area contributed by atoms with Crippen LogP contribution in [0.2, 0.25) is 0 Å². The number of fused-ring (bicyclic) bond motifs is 2. The number of amides is 1. The summed E-state index contributed by atoms with van der Waals surface area (Å²) in [6.45, 7) is 25.2. The van der Waals surface area contributed by atoms with E-state index in [0.29, 0.717) is 6.54 Å². The Morgan fingerprint density at radius 2 is 1.27 bits per heavy atom. The zero-order valence-electron chi connectivity index (χ0n) is 27.3. The van der Waals surface area contributed by atoms with Crippen LogP contribution < -0.4 is 15.1 Å². The Bertz CT molecular complexity index is 1130. The molecule has 0 atom stereocenters. The van der Waals surface area contributed by atoms with Crippen LogP contribution in [0.1, 0.15) is 46.0 Å². The molecule has 2 aromatic heterocycles. The van der Waals surface area contributed by atoms with Crippen molar-refractivity contribution in [1.82, 2.24) is 34.2 Å². The lowest BCUT2D eigenvalue weighted by Crippen LogP contribution is -2.41. The molecule has 13 nitrogen and oxygen atoms in total. The van der Waals surface area contributed by atoms with E-state index in [1.807, 2.05) is 17.3 Å². The topological polar surface area (TPSA) is 113 Å². The Labute approximate surface area is 267 Å². The lowest BCUT2D eigenvalue weighted by Gasteiger charge is -2.32. The molecule has 6 rings (SSSR count). The number of rotatable bonds is 5. The average molecular weight is 638 g/mol. The molecular weight excluding hydrogens is 586 g/mol. The highest BCUT2D eigenvalue weighted by Gasteiger charge is 2.24. The lowest BCUT2D eigenvalue weighted by atomic mass is 10.3. The number of nitrogens with one attached hydrogen (secondary N) is 1. The van der Waals surface area contributed by atoms with E-state index < -0.39 is 0 Å². The van der Waals surface area contributed by atoms with Crippen LogP contribution in [-0.2, 0) is 45.2 Å². The minimum atomic E-state index is -0.361. The summed E-state index contributed by atoms with van der Waals surface area (Å²) < 4.78 is 15.3. The molecule has 4 aliphatic rings. The van der Waals surface area contributed by atoms with Gasteiger partial charge >= 0.3 is 0 Å². The summed E-state index contributed by atoms with van der Waals surface area (Å²) in [6.07, 6.45) is 3.87. The van der Waals surface area contributed by atoms with Gasteiger partial charge in [0.25, 0.3) is 0 Å². The largest absolute Gasteiger partial charge is 0.378 e. The van der Waals surface area contributed by atoms with Crippen LogP contribution in [0.3, 0.4) is 0 Å². The summed E-state index contributed by atoms with van der Waals surface area (Å²) >= 11 is 4.64. The maximum atomic E-state index is 11.4. The van der Waals surface area contributed by atoms with Crippen LogP contribution in [0, 0.1) is 0 Å². The van der Waals surface area contributed by atoms with Crippen molar-refractivity contribution in [2.24, 2.45) is 0 Å². The predicted molar refractivity (Wildman–Crippen MR) is 173 cm³/mol. The van der Waals surface area contributed by atoms with Crippen LogP contribution >= 0.6 is 11.6 Å². The predicted octanol–water partition coefficient (Wildman–Crippen LogP) is 2.02. The molecule has 0 unspecified atom stereocenters. The van der Waals surface area contributed by atoms with Crippen molar-refractivity contribution in [3.63, 3.8) is 0 Å². The number of anilines is 2. The number of carbonyl (C=O) groups is 2. The van der Waals surface area contributed by atoms with Crippen molar-refractivity contribution in [2.45, 2.75) is 60.8 Å². The van der Waals surface area contributed by atoms with E-state index in [9.17, 15) is 9.59 Å². The quantitative estimate of drug-likeness (QED) is 0.489. The van der Waals surface area contributed by atoms with Gasteiger partial charge in [0.05, 0.1) is 56.8 Å². The molecule has 14 heteroatoms. The summed E-state index contributed by atoms with van der Waals surface area (Å²) in [4.78, 5) is 38.4. The van der Waals surface area contributed by atoms with E-state index in [2.05, 4.69) is 71.5 Å². The van der Waals surface area contributed by atoms with E-state index in [1.165, 1.54) is 32.3 Å². The van der Waals surface area contributed by atoms with Crippen LogP contribution in [0.4, 0.5) is 11.9 Å². The van der Waals surface area contributed by atoms with Crippen molar-refractivity contribution in [3.8, 4) is 0 Å². The first kappa shape index (κ1) is 35.8. The highest BCUT2D eigenvalue weighted by Crippen LogP contribution is 2.22. The molecule has 248 valence electrons. The van der Waals surface area contributed by atoms with Gasteiger partial charge in [-0.1, -0.05) is 20.8 Å². The molecule has 2 aromatic rings. The van der Waals surface area contributed by atoms with Gasteiger partial charge in [-0.05, 0) is 31.2 Å².